The molecule has 1 heterocycles. The number of ketones is 2. The SMILES string of the molecule is CCN1CCN(CC(=O)C[C@H](C(=O)N[C@@H](CC(=O)O)C(=O)C[C@H](C(=O)NC(CS)C(=O)O)[C@@H](O)[C@H](O)[C@H](O)CO)[C@@H](O)[C@H](O)[C@H](O)CO)CC1. The standard InChI is InChI=1S/C29H50N4O16S/c1-2-32-3-5-33(6-4-32)10-14(36)7-15(23(42)25(44)20(38)11-34)27(46)30-17(9-22(40)41)19(37)8-16(24(43)26(45)21(39)12-35)28(47)31-18(13-50)29(48)49/h15-18,20-21,23-26,34-35,38-39,42-45,50H,2-13H2,1H3,(H,30,46)(H,31,47)(H,40,41)(H,48,49)/t15-,16-,17-,18?,20+,21+,23+,24+,25+,26+/m0/s1. The lowest BCUT2D eigenvalue weighted by molar-refractivity contribution is -0.149. The number of piperazine rings is 1. The highest BCUT2D eigenvalue weighted by Crippen LogP contribution is 2.21. The number of hydrogen-bond acceptors (Lipinski definition) is 17. The third-order valence-electron chi connectivity index (χ3n) is 8.42. The number of amides is 2. The highest BCUT2D eigenvalue weighted by atomic mass is 32.1. The van der Waals surface area contributed by atoms with Crippen LogP contribution in [-0.2, 0) is 28.8 Å². The maximum absolute atomic E-state index is 13.5. The Balaban J connectivity index is 3.37. The van der Waals surface area contributed by atoms with Crippen LogP contribution in [0.5, 0.6) is 0 Å². The van der Waals surface area contributed by atoms with Crippen LogP contribution in [0.25, 0.3) is 0 Å². The fourth-order valence-electron chi connectivity index (χ4n) is 5.23. The smallest absolute Gasteiger partial charge is 0.327 e. The molecule has 0 saturated carbocycles. The molecule has 10 atom stereocenters. The van der Waals surface area contributed by atoms with Crippen molar-refractivity contribution in [3.8, 4) is 0 Å². The molecule has 1 aliphatic heterocycles. The monoisotopic (exact) mass is 742 g/mol. The Morgan fingerprint density at radius 2 is 1.10 bits per heavy atom. The van der Waals surface area contributed by atoms with Crippen LogP contribution in [0.1, 0.15) is 26.2 Å². The summed E-state index contributed by atoms with van der Waals surface area (Å²) in [7, 11) is 0. The Labute approximate surface area is 293 Å². The van der Waals surface area contributed by atoms with Crippen molar-refractivity contribution >= 4 is 47.9 Å². The number of rotatable bonds is 24. The largest absolute Gasteiger partial charge is 0.481 e. The van der Waals surface area contributed by atoms with Gasteiger partial charge in [-0.1, -0.05) is 6.92 Å². The molecule has 21 heteroatoms. The van der Waals surface area contributed by atoms with Crippen molar-refractivity contribution in [2.24, 2.45) is 11.8 Å². The maximum atomic E-state index is 13.5. The Morgan fingerprint density at radius 1 is 0.660 bits per heavy atom. The highest BCUT2D eigenvalue weighted by molar-refractivity contribution is 7.80. The number of carboxylic acids is 2. The van der Waals surface area contributed by atoms with Gasteiger partial charge in [-0.3, -0.25) is 28.9 Å². The molecule has 0 spiro atoms. The zero-order valence-electron chi connectivity index (χ0n) is 27.5. The first-order valence-electron chi connectivity index (χ1n) is 15.9. The number of nitrogens with one attached hydrogen (secondary N) is 2. The highest BCUT2D eigenvalue weighted by Gasteiger charge is 2.42. The lowest BCUT2D eigenvalue weighted by Gasteiger charge is -2.34. The second-order valence-corrected chi connectivity index (χ2v) is 12.4. The lowest BCUT2D eigenvalue weighted by atomic mass is 9.86. The number of carboxylic acid groups (broad SMARTS) is 2. The molecule has 0 radical (unpaired) electrons. The Kier molecular flexibility index (Phi) is 20.0. The van der Waals surface area contributed by atoms with E-state index in [1.54, 1.807) is 4.90 Å². The zero-order valence-corrected chi connectivity index (χ0v) is 28.4. The minimum Gasteiger partial charge on any atom is -0.481 e. The quantitative estimate of drug-likeness (QED) is 0.0409. The van der Waals surface area contributed by atoms with E-state index in [1.165, 1.54) is 0 Å². The summed E-state index contributed by atoms with van der Waals surface area (Å²) in [6, 6.07) is -3.71. The van der Waals surface area contributed by atoms with Crippen molar-refractivity contribution in [2.75, 3.05) is 58.2 Å². The molecule has 288 valence electrons. The van der Waals surface area contributed by atoms with Crippen LogP contribution >= 0.6 is 12.6 Å². The van der Waals surface area contributed by atoms with Crippen LogP contribution in [0.15, 0.2) is 0 Å². The first-order chi connectivity index (χ1) is 23.4. The number of aliphatic hydroxyl groups is 8. The van der Waals surface area contributed by atoms with Gasteiger partial charge >= 0.3 is 11.9 Å². The Hall–Kier alpha value is -2.83. The molecule has 12 N–H and O–H groups in total. The van der Waals surface area contributed by atoms with E-state index in [4.69, 9.17) is 0 Å². The first-order valence-corrected chi connectivity index (χ1v) is 16.5. The number of carbonyl (C=O) groups is 6. The van der Waals surface area contributed by atoms with Gasteiger partial charge in [0.05, 0.1) is 56.3 Å². The predicted octanol–water partition coefficient (Wildman–Crippen LogP) is -6.62. The van der Waals surface area contributed by atoms with Gasteiger partial charge in [-0.2, -0.15) is 12.6 Å². The molecular formula is C29H50N4O16S. The molecule has 0 aromatic rings. The van der Waals surface area contributed by atoms with E-state index in [2.05, 4.69) is 22.8 Å². The second-order valence-electron chi connectivity index (χ2n) is 12.0. The fourth-order valence-corrected chi connectivity index (χ4v) is 5.48. The van der Waals surface area contributed by atoms with Crippen LogP contribution in [0.2, 0.25) is 0 Å². The molecule has 0 bridgehead atoms. The number of aliphatic carboxylic acids is 2. The Morgan fingerprint density at radius 3 is 1.50 bits per heavy atom. The third kappa shape index (κ3) is 14.1. The summed E-state index contributed by atoms with van der Waals surface area (Å²) in [6.07, 6.45) is -16.1. The second kappa shape index (κ2) is 22.2. The first kappa shape index (κ1) is 45.2. The maximum Gasteiger partial charge on any atom is 0.327 e. The van der Waals surface area contributed by atoms with Crippen LogP contribution in [0, 0.1) is 11.8 Å². The predicted molar refractivity (Wildman–Crippen MR) is 173 cm³/mol. The van der Waals surface area contributed by atoms with Gasteiger partial charge in [0.1, 0.15) is 36.2 Å². The van der Waals surface area contributed by atoms with E-state index < -0.39 is 134 Å². The van der Waals surface area contributed by atoms with E-state index in [0.717, 1.165) is 6.54 Å². The summed E-state index contributed by atoms with van der Waals surface area (Å²) < 4.78 is 0. The van der Waals surface area contributed by atoms with Crippen LogP contribution < -0.4 is 10.6 Å². The van der Waals surface area contributed by atoms with Crippen LogP contribution in [0.4, 0.5) is 0 Å². The fraction of sp³-hybridized carbons (Fsp3) is 0.793. The van der Waals surface area contributed by atoms with Gasteiger partial charge < -0.3 is 66.6 Å². The van der Waals surface area contributed by atoms with E-state index >= 15 is 0 Å². The normalized spacial score (nSPS) is 20.2. The Bertz CT molecular complexity index is 1140. The average Bonchev–Trinajstić information content (AvgIpc) is 3.08. The topological polar surface area (TPSA) is 335 Å². The molecule has 2 amide bonds. The van der Waals surface area contributed by atoms with Gasteiger partial charge in [0.25, 0.3) is 0 Å². The molecule has 20 nitrogen and oxygen atoms in total. The summed E-state index contributed by atoms with van der Waals surface area (Å²) in [5.74, 6) is -12.3. The lowest BCUT2D eigenvalue weighted by Crippen LogP contribution is -2.55. The van der Waals surface area contributed by atoms with Crippen molar-refractivity contribution in [3.63, 3.8) is 0 Å². The minimum atomic E-state index is -2.35. The number of thiol groups is 1. The molecule has 0 aromatic carbocycles. The van der Waals surface area contributed by atoms with Gasteiger partial charge in [-0.25, -0.2) is 4.79 Å². The number of likely N-dealkylation sites (N-methyl/N-ethyl adjacent to an activating group) is 1. The molecule has 1 saturated heterocycles. The molecule has 50 heavy (non-hydrogen) atoms. The van der Waals surface area contributed by atoms with Gasteiger partial charge in [-0.05, 0) is 6.54 Å². The summed E-state index contributed by atoms with van der Waals surface area (Å²) in [4.78, 5) is 80.1. The van der Waals surface area contributed by atoms with E-state index in [1.807, 2.05) is 12.2 Å². The number of Topliss-reactive ketones (excluding diaryl/α,β-unsaturated/α-hetero) is 2. The van der Waals surface area contributed by atoms with Crippen LogP contribution in [0.3, 0.4) is 0 Å². The van der Waals surface area contributed by atoms with Crippen molar-refractivity contribution in [3.05, 3.63) is 0 Å². The number of carbonyl (C=O) groups excluding carboxylic acids is 4. The number of hydrogen-bond donors (Lipinski definition) is 13. The number of nitrogens with zero attached hydrogens (tertiary/aromatic N) is 2. The van der Waals surface area contributed by atoms with E-state index in [-0.39, 0.29) is 6.54 Å². The van der Waals surface area contributed by atoms with Gasteiger partial charge in [0.15, 0.2) is 5.78 Å². The average molecular weight is 743 g/mol. The number of aliphatic hydroxyl groups excluding tert-OH is 8. The minimum absolute atomic E-state index is 0.176. The summed E-state index contributed by atoms with van der Waals surface area (Å²) in [5.41, 5.74) is 0. The molecular weight excluding hydrogens is 692 g/mol. The van der Waals surface area contributed by atoms with Gasteiger partial charge in [0.2, 0.25) is 11.8 Å². The summed E-state index contributed by atoms with van der Waals surface area (Å²) >= 11 is 3.80. The zero-order chi connectivity index (χ0) is 38.3. The molecule has 1 rings (SSSR count). The van der Waals surface area contributed by atoms with Gasteiger partial charge in [-0.15, -0.1) is 0 Å². The molecule has 0 aromatic heterocycles. The van der Waals surface area contributed by atoms with Crippen LogP contribution in [-0.4, -0.2) is 203 Å². The molecule has 1 unspecified atom stereocenters. The summed E-state index contributed by atoms with van der Waals surface area (Å²) in [6.45, 7) is 2.76. The molecule has 1 aliphatic rings. The van der Waals surface area contributed by atoms with Crippen molar-refractivity contribution in [1.29, 1.82) is 0 Å². The molecule has 1 fully saturated rings. The third-order valence-corrected chi connectivity index (χ3v) is 8.79. The van der Waals surface area contributed by atoms with Crippen molar-refractivity contribution in [2.45, 2.75) is 74.9 Å². The summed E-state index contributed by atoms with van der Waals surface area (Å²) in [5, 5.41) is 103. The van der Waals surface area contributed by atoms with E-state index in [9.17, 15) is 79.8 Å². The van der Waals surface area contributed by atoms with Gasteiger partial charge in [0, 0.05) is 44.8 Å². The van der Waals surface area contributed by atoms with E-state index in [0.29, 0.717) is 26.2 Å². The van der Waals surface area contributed by atoms with Crippen molar-refractivity contribution in [1.82, 2.24) is 20.4 Å². The molecule has 0 aliphatic carbocycles. The van der Waals surface area contributed by atoms with Crippen molar-refractivity contribution < 1.29 is 79.8 Å².